The van der Waals surface area contributed by atoms with Crippen LogP contribution in [-0.2, 0) is 23.1 Å². The Kier molecular flexibility index (Phi) is 90.4. The molecule has 0 aromatic rings. The third-order valence-corrected chi connectivity index (χ3v) is 0. The highest BCUT2D eigenvalue weighted by molar-refractivity contribution is 7.51. The normalized spacial score (nSPS) is 4.57. The molecule has 0 atom stereocenters. The van der Waals surface area contributed by atoms with E-state index in [1.165, 1.54) is 0 Å². The van der Waals surface area contributed by atoms with Gasteiger partial charge in [0.05, 0.1) is 0 Å². The first-order valence-corrected chi connectivity index (χ1v) is 2.45. The largest absolute Gasteiger partial charge is 0.412 e. The summed E-state index contributed by atoms with van der Waals surface area (Å²) in [5.41, 5.74) is 0. The van der Waals surface area contributed by atoms with Gasteiger partial charge in [0, 0.05) is 0 Å². The lowest BCUT2D eigenvalue weighted by molar-refractivity contribution is 0.628. The highest BCUT2D eigenvalue weighted by atomic mass is 32.1. The molecule has 0 amide bonds. The van der Waals surface area contributed by atoms with Gasteiger partial charge in [-0.3, -0.25) is 0 Å². The molecule has 0 bridgehead atoms. The summed E-state index contributed by atoms with van der Waals surface area (Å²) in [5.74, 6) is 0. The van der Waals surface area contributed by atoms with Gasteiger partial charge in [0.15, 0.2) is 0 Å². The summed E-state index contributed by atoms with van der Waals surface area (Å²) in [6.45, 7) is 0. The van der Waals surface area contributed by atoms with Crippen molar-refractivity contribution in [3.8, 4) is 0 Å². The van der Waals surface area contributed by atoms with Crippen LogP contribution in [0.15, 0.2) is 0 Å². The van der Waals surface area contributed by atoms with Crippen molar-refractivity contribution >= 4 is 23.1 Å². The minimum atomic E-state index is -1.42. The molecular weight excluding hydrogens is 144 g/mol. The molecule has 0 aromatic carbocycles. The van der Waals surface area contributed by atoms with Gasteiger partial charge in [-0.25, -0.2) is 16.8 Å². The second-order valence-electron chi connectivity index (χ2n) is 0.167. The second kappa shape index (κ2) is 40.0. The second-order valence-corrected chi connectivity index (χ2v) is 0.500. The smallest absolute Gasteiger partial charge is 0.129 e. The minimum absolute atomic E-state index is 0. The van der Waals surface area contributed by atoms with Gasteiger partial charge < -0.3 is 5.48 Å². The van der Waals surface area contributed by atoms with Crippen molar-refractivity contribution in [1.82, 2.24) is 0 Å². The Morgan fingerprint density at radius 2 is 0.714 bits per heavy atom. The van der Waals surface area contributed by atoms with E-state index in [2.05, 4.69) is 0 Å². The molecule has 0 aliphatic rings. The minimum Gasteiger partial charge on any atom is -0.412 e. The van der Waals surface area contributed by atoms with Crippen LogP contribution in [0, 0.1) is 0 Å². The Hall–Kier alpha value is -0.140. The van der Waals surface area contributed by atoms with E-state index in [4.69, 9.17) is 16.8 Å². The molecule has 0 fully saturated rings. The fourth-order valence-corrected chi connectivity index (χ4v) is 0. The molecule has 0 rings (SSSR count). The van der Waals surface area contributed by atoms with Gasteiger partial charge in [0.2, 0.25) is 0 Å². The van der Waals surface area contributed by atoms with E-state index in [-0.39, 0.29) is 5.48 Å². The Morgan fingerprint density at radius 3 is 0.714 bits per heavy atom. The molecule has 0 aliphatic carbocycles. The standard InChI is InChI=1S/2H2O2S.H2O/c2*1-3-2;/h2*3H2;1H2. The molecule has 0 spiro atoms. The lowest BCUT2D eigenvalue weighted by Gasteiger charge is -1.07. The third kappa shape index (κ3) is 4450. The van der Waals surface area contributed by atoms with Gasteiger partial charge in [0.1, 0.15) is 23.1 Å². The Labute approximate surface area is 46.2 Å². The van der Waals surface area contributed by atoms with Crippen LogP contribution in [0.4, 0.5) is 0 Å². The molecule has 0 saturated heterocycles. The van der Waals surface area contributed by atoms with Crippen LogP contribution >= 0.6 is 0 Å². The first-order valence-electron chi connectivity index (χ1n) is 0.816. The van der Waals surface area contributed by atoms with E-state index in [9.17, 15) is 0 Å². The van der Waals surface area contributed by atoms with Crippen molar-refractivity contribution in [1.29, 1.82) is 0 Å². The van der Waals surface area contributed by atoms with Crippen LogP contribution in [0.3, 0.4) is 0 Å². The molecule has 7 heavy (non-hydrogen) atoms. The third-order valence-electron chi connectivity index (χ3n) is 0. The SMILES string of the molecule is O.O=[SH2]=O.O=[SH2]=O. The monoisotopic (exact) mass is 150 g/mol. The lowest BCUT2D eigenvalue weighted by Crippen LogP contribution is -1.18. The molecule has 0 aliphatic heterocycles. The zero-order valence-electron chi connectivity index (χ0n) is 3.13. The van der Waals surface area contributed by atoms with Gasteiger partial charge in [-0.15, -0.1) is 0 Å². The summed E-state index contributed by atoms with van der Waals surface area (Å²) in [7, 11) is 0. The zero-order chi connectivity index (χ0) is 5.41. The van der Waals surface area contributed by atoms with E-state index in [1.807, 2.05) is 0 Å². The summed E-state index contributed by atoms with van der Waals surface area (Å²) in [5, 5.41) is 0. The molecule has 5 nitrogen and oxygen atoms in total. The van der Waals surface area contributed by atoms with Crippen LogP contribution in [0.5, 0.6) is 0 Å². The van der Waals surface area contributed by atoms with Crippen LogP contribution in [0.25, 0.3) is 0 Å². The Bertz CT molecular complexity index is 60.1. The Balaban J connectivity index is -0.0000000400. The first-order chi connectivity index (χ1) is 2.83. The van der Waals surface area contributed by atoms with Crippen molar-refractivity contribution in [2.24, 2.45) is 0 Å². The van der Waals surface area contributed by atoms with E-state index in [0.29, 0.717) is 0 Å². The highest BCUT2D eigenvalue weighted by Crippen LogP contribution is 0.849. The molecule has 2 N–H and O–H groups in total. The average molecular weight is 150 g/mol. The summed E-state index contributed by atoms with van der Waals surface area (Å²) < 4.78 is 33.6. The quantitative estimate of drug-likeness (QED) is 0.362. The summed E-state index contributed by atoms with van der Waals surface area (Å²) >= 11 is -2.83. The maximum absolute atomic E-state index is 8.40. The van der Waals surface area contributed by atoms with Crippen molar-refractivity contribution in [2.45, 2.75) is 0 Å². The molecule has 7 heteroatoms. The predicted octanol–water partition coefficient (Wildman–Crippen LogP) is -3.24. The topological polar surface area (TPSA) is 99.8 Å². The fourth-order valence-electron chi connectivity index (χ4n) is 0. The molecule has 0 heterocycles. The van der Waals surface area contributed by atoms with Crippen LogP contribution in [0.2, 0.25) is 0 Å². The van der Waals surface area contributed by atoms with Crippen LogP contribution in [0.1, 0.15) is 0 Å². The summed E-state index contributed by atoms with van der Waals surface area (Å²) in [6.07, 6.45) is 0. The highest BCUT2D eigenvalue weighted by Gasteiger charge is 0.967. The lowest BCUT2D eigenvalue weighted by atomic mass is 15.9. The van der Waals surface area contributed by atoms with Crippen molar-refractivity contribution in [3.05, 3.63) is 0 Å². The summed E-state index contributed by atoms with van der Waals surface area (Å²) in [4.78, 5) is 0. The Morgan fingerprint density at radius 1 is 0.714 bits per heavy atom. The fraction of sp³-hybridized carbons (Fsp3) is 0. The van der Waals surface area contributed by atoms with Gasteiger partial charge in [-0.2, -0.15) is 0 Å². The zero-order valence-corrected chi connectivity index (χ0v) is 5.13. The van der Waals surface area contributed by atoms with E-state index in [1.54, 1.807) is 0 Å². The number of hydrogen-bond acceptors (Lipinski definition) is 4. The van der Waals surface area contributed by atoms with E-state index < -0.39 is 23.1 Å². The van der Waals surface area contributed by atoms with Crippen LogP contribution in [-0.4, -0.2) is 22.3 Å². The van der Waals surface area contributed by atoms with Crippen molar-refractivity contribution in [2.75, 3.05) is 0 Å². The maximum atomic E-state index is 8.40. The molecule has 0 radical (unpaired) electrons. The predicted molar refractivity (Wildman–Crippen MR) is 27.0 cm³/mol. The van der Waals surface area contributed by atoms with Gasteiger partial charge in [0.25, 0.3) is 0 Å². The van der Waals surface area contributed by atoms with Crippen molar-refractivity contribution in [3.63, 3.8) is 0 Å². The first kappa shape index (κ1) is 15.8. The summed E-state index contributed by atoms with van der Waals surface area (Å²) in [6, 6.07) is 0. The molecule has 0 unspecified atom stereocenters. The van der Waals surface area contributed by atoms with E-state index >= 15 is 0 Å². The number of hydrogen-bond donors (Lipinski definition) is 0. The van der Waals surface area contributed by atoms with E-state index in [0.717, 1.165) is 0 Å². The maximum Gasteiger partial charge on any atom is 0.129 e. The van der Waals surface area contributed by atoms with Gasteiger partial charge >= 0.3 is 0 Å². The van der Waals surface area contributed by atoms with Gasteiger partial charge in [-0.05, 0) is 0 Å². The average Bonchev–Trinajstić information content (AvgIpc) is 1.39. The molecular formula is H6O5S2. The number of rotatable bonds is 0. The van der Waals surface area contributed by atoms with Crippen molar-refractivity contribution < 1.29 is 22.3 Å². The molecule has 0 aromatic heterocycles. The molecule has 48 valence electrons. The molecule has 0 saturated carbocycles. The van der Waals surface area contributed by atoms with Crippen LogP contribution < -0.4 is 0 Å². The van der Waals surface area contributed by atoms with Gasteiger partial charge in [-0.1, -0.05) is 0 Å².